The van der Waals surface area contributed by atoms with Gasteiger partial charge in [0.25, 0.3) is 0 Å². The Hall–Kier alpha value is -2.62. The molecule has 4 heteroatoms. The lowest BCUT2D eigenvalue weighted by atomic mass is 9.95. The molecule has 0 saturated heterocycles. The molecule has 0 amide bonds. The van der Waals surface area contributed by atoms with Crippen LogP contribution in [-0.4, -0.2) is 22.1 Å². The maximum absolute atomic E-state index is 5.45. The number of aromatic nitrogens is 3. The largest absolute Gasteiger partial charge is 0.496 e. The van der Waals surface area contributed by atoms with E-state index in [4.69, 9.17) is 4.74 Å². The van der Waals surface area contributed by atoms with Crippen LogP contribution in [0.4, 0.5) is 0 Å². The van der Waals surface area contributed by atoms with Crippen LogP contribution in [0.3, 0.4) is 0 Å². The SMILES string of the molecule is COc1ccccc1C(C)Cc1cn(Cc2ccccc2)nn1. The van der Waals surface area contributed by atoms with Crippen molar-refractivity contribution in [1.29, 1.82) is 0 Å². The van der Waals surface area contributed by atoms with Crippen molar-refractivity contribution >= 4 is 0 Å². The van der Waals surface area contributed by atoms with E-state index in [0.717, 1.165) is 24.4 Å². The van der Waals surface area contributed by atoms with Crippen molar-refractivity contribution in [2.75, 3.05) is 7.11 Å². The van der Waals surface area contributed by atoms with E-state index in [0.29, 0.717) is 5.92 Å². The first kappa shape index (κ1) is 15.3. The van der Waals surface area contributed by atoms with Crippen LogP contribution in [0.2, 0.25) is 0 Å². The zero-order valence-electron chi connectivity index (χ0n) is 13.5. The Labute approximate surface area is 136 Å². The molecular formula is C19H21N3O. The third kappa shape index (κ3) is 3.77. The Balaban J connectivity index is 1.69. The van der Waals surface area contributed by atoms with Gasteiger partial charge in [-0.15, -0.1) is 5.10 Å². The van der Waals surface area contributed by atoms with E-state index in [1.165, 1.54) is 11.1 Å². The second-order valence-corrected chi connectivity index (χ2v) is 5.74. The Bertz CT molecular complexity index is 752. The van der Waals surface area contributed by atoms with Crippen molar-refractivity contribution in [2.24, 2.45) is 0 Å². The minimum Gasteiger partial charge on any atom is -0.496 e. The Morgan fingerprint density at radius 1 is 1.04 bits per heavy atom. The van der Waals surface area contributed by atoms with Crippen molar-refractivity contribution in [3.63, 3.8) is 0 Å². The third-order valence-electron chi connectivity index (χ3n) is 3.96. The van der Waals surface area contributed by atoms with Crippen LogP contribution >= 0.6 is 0 Å². The molecule has 0 aliphatic carbocycles. The molecule has 3 rings (SSSR count). The fourth-order valence-corrected chi connectivity index (χ4v) is 2.78. The summed E-state index contributed by atoms with van der Waals surface area (Å²) in [6.45, 7) is 2.94. The summed E-state index contributed by atoms with van der Waals surface area (Å²) in [5.41, 5.74) is 3.42. The van der Waals surface area contributed by atoms with Crippen LogP contribution in [-0.2, 0) is 13.0 Å². The van der Waals surface area contributed by atoms with Gasteiger partial charge >= 0.3 is 0 Å². The average Bonchev–Trinajstić information content (AvgIpc) is 3.02. The number of benzene rings is 2. The zero-order chi connectivity index (χ0) is 16.1. The van der Waals surface area contributed by atoms with Crippen molar-refractivity contribution in [1.82, 2.24) is 15.0 Å². The highest BCUT2D eigenvalue weighted by Crippen LogP contribution is 2.28. The fourth-order valence-electron chi connectivity index (χ4n) is 2.78. The summed E-state index contributed by atoms with van der Waals surface area (Å²) >= 11 is 0. The maximum atomic E-state index is 5.45. The number of methoxy groups -OCH3 is 1. The number of hydrogen-bond donors (Lipinski definition) is 0. The van der Waals surface area contributed by atoms with Gasteiger partial charge in [-0.3, -0.25) is 0 Å². The van der Waals surface area contributed by atoms with Gasteiger partial charge in [0.15, 0.2) is 0 Å². The minimum absolute atomic E-state index is 0.327. The highest BCUT2D eigenvalue weighted by atomic mass is 16.5. The Morgan fingerprint density at radius 3 is 2.57 bits per heavy atom. The third-order valence-corrected chi connectivity index (χ3v) is 3.96. The van der Waals surface area contributed by atoms with Gasteiger partial charge in [-0.25, -0.2) is 4.68 Å². The molecule has 0 fully saturated rings. The second kappa shape index (κ2) is 7.09. The molecule has 118 valence electrons. The summed E-state index contributed by atoms with van der Waals surface area (Å²) in [6.07, 6.45) is 2.87. The molecule has 1 aromatic heterocycles. The molecule has 1 atom stereocenters. The van der Waals surface area contributed by atoms with Gasteiger partial charge < -0.3 is 4.74 Å². The first-order valence-electron chi connectivity index (χ1n) is 7.82. The number of nitrogens with zero attached hydrogens (tertiary/aromatic N) is 3. The van der Waals surface area contributed by atoms with E-state index in [2.05, 4.69) is 35.4 Å². The number of para-hydroxylation sites is 1. The van der Waals surface area contributed by atoms with E-state index in [1.54, 1.807) is 7.11 Å². The van der Waals surface area contributed by atoms with Gasteiger partial charge in [-0.05, 0) is 29.5 Å². The van der Waals surface area contributed by atoms with Crippen LogP contribution in [0.15, 0.2) is 60.8 Å². The molecule has 4 nitrogen and oxygen atoms in total. The lowest BCUT2D eigenvalue weighted by Gasteiger charge is -2.14. The maximum Gasteiger partial charge on any atom is 0.122 e. The molecule has 0 N–H and O–H groups in total. The molecule has 1 heterocycles. The summed E-state index contributed by atoms with van der Waals surface area (Å²) in [5, 5.41) is 8.54. The Kier molecular flexibility index (Phi) is 4.71. The van der Waals surface area contributed by atoms with E-state index in [1.807, 2.05) is 47.3 Å². The van der Waals surface area contributed by atoms with Crippen LogP contribution in [0.25, 0.3) is 0 Å². The smallest absolute Gasteiger partial charge is 0.122 e. The van der Waals surface area contributed by atoms with Crippen molar-refractivity contribution in [3.05, 3.63) is 77.6 Å². The molecular weight excluding hydrogens is 286 g/mol. The number of hydrogen-bond acceptors (Lipinski definition) is 3. The van der Waals surface area contributed by atoms with Crippen molar-refractivity contribution in [2.45, 2.75) is 25.8 Å². The van der Waals surface area contributed by atoms with Crippen LogP contribution in [0, 0.1) is 0 Å². The summed E-state index contributed by atoms with van der Waals surface area (Å²) in [5.74, 6) is 1.25. The molecule has 0 aliphatic heterocycles. The average molecular weight is 307 g/mol. The molecule has 0 saturated carbocycles. The lowest BCUT2D eigenvalue weighted by Crippen LogP contribution is -2.01. The normalized spacial score (nSPS) is 12.1. The number of ether oxygens (including phenoxy) is 1. The molecule has 23 heavy (non-hydrogen) atoms. The molecule has 0 spiro atoms. The van der Waals surface area contributed by atoms with Gasteiger partial charge in [-0.2, -0.15) is 0 Å². The zero-order valence-corrected chi connectivity index (χ0v) is 13.5. The van der Waals surface area contributed by atoms with Crippen molar-refractivity contribution in [3.8, 4) is 5.75 Å². The van der Waals surface area contributed by atoms with Crippen molar-refractivity contribution < 1.29 is 4.74 Å². The Morgan fingerprint density at radius 2 is 1.78 bits per heavy atom. The predicted octanol–water partition coefficient (Wildman–Crippen LogP) is 3.68. The predicted molar refractivity (Wildman–Crippen MR) is 90.7 cm³/mol. The summed E-state index contributed by atoms with van der Waals surface area (Å²) in [4.78, 5) is 0. The number of rotatable bonds is 6. The fraction of sp³-hybridized carbons (Fsp3) is 0.263. The lowest BCUT2D eigenvalue weighted by molar-refractivity contribution is 0.406. The summed E-state index contributed by atoms with van der Waals surface area (Å²) in [7, 11) is 1.71. The minimum atomic E-state index is 0.327. The summed E-state index contributed by atoms with van der Waals surface area (Å²) in [6, 6.07) is 18.4. The second-order valence-electron chi connectivity index (χ2n) is 5.74. The molecule has 2 aromatic carbocycles. The van der Waals surface area contributed by atoms with Crippen LogP contribution < -0.4 is 4.74 Å². The first-order valence-corrected chi connectivity index (χ1v) is 7.82. The molecule has 0 radical (unpaired) electrons. The first-order chi connectivity index (χ1) is 11.3. The van der Waals surface area contributed by atoms with Gasteiger partial charge in [-0.1, -0.05) is 60.7 Å². The van der Waals surface area contributed by atoms with E-state index < -0.39 is 0 Å². The molecule has 3 aromatic rings. The van der Waals surface area contributed by atoms with E-state index in [9.17, 15) is 0 Å². The topological polar surface area (TPSA) is 39.9 Å². The monoisotopic (exact) mass is 307 g/mol. The highest BCUT2D eigenvalue weighted by Gasteiger charge is 2.13. The summed E-state index contributed by atoms with van der Waals surface area (Å²) < 4.78 is 7.34. The van der Waals surface area contributed by atoms with E-state index >= 15 is 0 Å². The van der Waals surface area contributed by atoms with Gasteiger partial charge in [0, 0.05) is 6.20 Å². The quantitative estimate of drug-likeness (QED) is 0.697. The van der Waals surface area contributed by atoms with Gasteiger partial charge in [0.2, 0.25) is 0 Å². The van der Waals surface area contributed by atoms with Gasteiger partial charge in [0.05, 0.1) is 19.3 Å². The standard InChI is InChI=1S/C19H21N3O/c1-15(18-10-6-7-11-19(18)23-2)12-17-14-22(21-20-17)13-16-8-4-3-5-9-16/h3-11,14-15H,12-13H2,1-2H3. The molecule has 0 aliphatic rings. The van der Waals surface area contributed by atoms with Crippen LogP contribution in [0.1, 0.15) is 29.7 Å². The van der Waals surface area contributed by atoms with Crippen LogP contribution in [0.5, 0.6) is 5.75 Å². The van der Waals surface area contributed by atoms with Gasteiger partial charge in [0.1, 0.15) is 5.75 Å². The molecule has 1 unspecified atom stereocenters. The van der Waals surface area contributed by atoms with E-state index in [-0.39, 0.29) is 0 Å². The highest BCUT2D eigenvalue weighted by molar-refractivity contribution is 5.36. The molecule has 0 bridgehead atoms.